The van der Waals surface area contributed by atoms with Crippen LogP contribution >= 0.6 is 11.6 Å². The minimum Gasteiger partial charge on any atom is -0.374 e. The first-order chi connectivity index (χ1) is 10.2. The van der Waals surface area contributed by atoms with Crippen LogP contribution in [0.2, 0.25) is 5.15 Å². The lowest BCUT2D eigenvalue weighted by Crippen LogP contribution is -2.53. The first-order valence-corrected chi connectivity index (χ1v) is 8.54. The van der Waals surface area contributed by atoms with Crippen LogP contribution in [0.15, 0.2) is 0 Å². The van der Waals surface area contributed by atoms with Gasteiger partial charge in [0, 0.05) is 18.0 Å². The van der Waals surface area contributed by atoms with Crippen molar-refractivity contribution in [3.63, 3.8) is 0 Å². The zero-order valence-electron chi connectivity index (χ0n) is 12.5. The van der Waals surface area contributed by atoms with Gasteiger partial charge >= 0.3 is 0 Å². The molecule has 3 fully saturated rings. The average Bonchev–Trinajstić information content (AvgIpc) is 3.34. The van der Waals surface area contributed by atoms with Gasteiger partial charge in [-0.2, -0.15) is 0 Å². The first kappa shape index (κ1) is 13.8. The van der Waals surface area contributed by atoms with Gasteiger partial charge in [0.1, 0.15) is 16.8 Å². The van der Waals surface area contributed by atoms with Gasteiger partial charge in [0.05, 0.1) is 18.8 Å². The fraction of sp³-hybridized carbons (Fsp3) is 0.750. The van der Waals surface area contributed by atoms with Crippen molar-refractivity contribution in [2.45, 2.75) is 63.5 Å². The van der Waals surface area contributed by atoms with Crippen molar-refractivity contribution in [2.24, 2.45) is 0 Å². The molecule has 2 saturated carbocycles. The van der Waals surface area contributed by atoms with Crippen LogP contribution in [-0.4, -0.2) is 35.3 Å². The van der Waals surface area contributed by atoms with Crippen molar-refractivity contribution in [1.82, 2.24) is 9.97 Å². The number of hydrogen-bond donors (Lipinski definition) is 0. The third-order valence-electron chi connectivity index (χ3n) is 5.02. The maximum absolute atomic E-state index is 6.38. The number of ether oxygens (including phenoxy) is 1. The van der Waals surface area contributed by atoms with E-state index in [4.69, 9.17) is 21.3 Å². The summed E-state index contributed by atoms with van der Waals surface area (Å²) in [6.07, 6.45) is 7.71. The fourth-order valence-electron chi connectivity index (χ4n) is 3.66. The predicted molar refractivity (Wildman–Crippen MR) is 83.1 cm³/mol. The number of nitrogens with zero attached hydrogens (tertiary/aromatic N) is 3. The molecule has 1 aliphatic heterocycles. The summed E-state index contributed by atoms with van der Waals surface area (Å²) in [4.78, 5) is 11.8. The Morgan fingerprint density at radius 3 is 2.76 bits per heavy atom. The second kappa shape index (κ2) is 5.40. The predicted octanol–water partition coefficient (Wildman–Crippen LogP) is 3.46. The van der Waals surface area contributed by atoms with Gasteiger partial charge in [0.15, 0.2) is 0 Å². The molecule has 4 rings (SSSR count). The Hall–Kier alpha value is -0.870. The molecule has 4 nitrogen and oxygen atoms in total. The SMILES string of the molecule is Cc1c(Cl)nc(C2CC2)nc1N1CCOC2CCCCC21. The van der Waals surface area contributed by atoms with E-state index in [1.54, 1.807) is 0 Å². The summed E-state index contributed by atoms with van der Waals surface area (Å²) in [6, 6.07) is 0.462. The molecular formula is C16H22ClN3O. The molecule has 3 aliphatic rings. The van der Waals surface area contributed by atoms with E-state index in [2.05, 4.69) is 9.88 Å². The highest BCUT2D eigenvalue weighted by Gasteiger charge is 2.37. The number of halogens is 1. The van der Waals surface area contributed by atoms with E-state index in [1.807, 2.05) is 6.92 Å². The average molecular weight is 308 g/mol. The van der Waals surface area contributed by atoms with Gasteiger partial charge in [-0.1, -0.05) is 24.4 Å². The van der Waals surface area contributed by atoms with Crippen molar-refractivity contribution in [2.75, 3.05) is 18.1 Å². The maximum Gasteiger partial charge on any atom is 0.137 e. The fourth-order valence-corrected chi connectivity index (χ4v) is 3.83. The number of morpholine rings is 1. The largest absolute Gasteiger partial charge is 0.374 e. The highest BCUT2D eigenvalue weighted by molar-refractivity contribution is 6.30. The van der Waals surface area contributed by atoms with E-state index in [0.29, 0.717) is 23.2 Å². The van der Waals surface area contributed by atoms with E-state index in [0.717, 1.165) is 30.4 Å². The molecule has 2 atom stereocenters. The number of hydrogen-bond acceptors (Lipinski definition) is 4. The van der Waals surface area contributed by atoms with Crippen molar-refractivity contribution >= 4 is 17.4 Å². The van der Waals surface area contributed by atoms with Crippen LogP contribution in [0.25, 0.3) is 0 Å². The Balaban J connectivity index is 1.70. The summed E-state index contributed by atoms with van der Waals surface area (Å²) < 4.78 is 5.98. The molecule has 0 N–H and O–H groups in total. The van der Waals surface area contributed by atoms with Crippen molar-refractivity contribution in [1.29, 1.82) is 0 Å². The van der Waals surface area contributed by atoms with Gasteiger partial charge in [-0.15, -0.1) is 0 Å². The molecule has 5 heteroatoms. The zero-order valence-corrected chi connectivity index (χ0v) is 13.3. The molecule has 0 amide bonds. The number of fused-ring (bicyclic) bond motifs is 1. The Bertz CT molecular complexity index is 545. The van der Waals surface area contributed by atoms with Gasteiger partial charge in [-0.3, -0.25) is 0 Å². The zero-order chi connectivity index (χ0) is 14.4. The third-order valence-corrected chi connectivity index (χ3v) is 5.39. The molecule has 0 bridgehead atoms. The van der Waals surface area contributed by atoms with E-state index < -0.39 is 0 Å². The lowest BCUT2D eigenvalue weighted by molar-refractivity contribution is -0.00905. The highest BCUT2D eigenvalue weighted by Crippen LogP contribution is 2.41. The van der Waals surface area contributed by atoms with Gasteiger partial charge in [0.2, 0.25) is 0 Å². The molecule has 0 aromatic carbocycles. The van der Waals surface area contributed by atoms with E-state index in [-0.39, 0.29) is 0 Å². The molecule has 1 saturated heterocycles. The Labute approximate surface area is 130 Å². The van der Waals surface area contributed by atoms with Crippen LogP contribution in [0.4, 0.5) is 5.82 Å². The second-order valence-corrected chi connectivity index (χ2v) is 6.91. The Morgan fingerprint density at radius 1 is 1.14 bits per heavy atom. The van der Waals surface area contributed by atoms with E-state index in [1.165, 1.54) is 38.5 Å². The summed E-state index contributed by atoms with van der Waals surface area (Å²) in [5.41, 5.74) is 1.02. The van der Waals surface area contributed by atoms with Crippen LogP contribution in [0.3, 0.4) is 0 Å². The summed E-state index contributed by atoms with van der Waals surface area (Å²) in [5, 5.41) is 0.626. The molecule has 2 heterocycles. The van der Waals surface area contributed by atoms with Crippen molar-refractivity contribution < 1.29 is 4.74 Å². The monoisotopic (exact) mass is 307 g/mol. The molecule has 0 radical (unpaired) electrons. The number of aromatic nitrogens is 2. The smallest absolute Gasteiger partial charge is 0.137 e. The first-order valence-electron chi connectivity index (χ1n) is 8.16. The molecule has 2 aliphatic carbocycles. The Morgan fingerprint density at radius 2 is 1.95 bits per heavy atom. The quantitative estimate of drug-likeness (QED) is 0.784. The normalized spacial score (nSPS) is 29.3. The van der Waals surface area contributed by atoms with Gasteiger partial charge in [-0.05, 0) is 32.6 Å². The summed E-state index contributed by atoms with van der Waals surface area (Å²) in [7, 11) is 0. The van der Waals surface area contributed by atoms with Crippen LogP contribution in [-0.2, 0) is 4.74 Å². The van der Waals surface area contributed by atoms with Gasteiger partial charge in [0.25, 0.3) is 0 Å². The van der Waals surface area contributed by atoms with E-state index >= 15 is 0 Å². The van der Waals surface area contributed by atoms with Gasteiger partial charge in [-0.25, -0.2) is 9.97 Å². The summed E-state index contributed by atoms with van der Waals surface area (Å²) in [5.74, 6) is 2.53. The van der Waals surface area contributed by atoms with Crippen LogP contribution in [0.1, 0.15) is 55.8 Å². The Kier molecular flexibility index (Phi) is 3.54. The third kappa shape index (κ3) is 2.53. The molecule has 0 spiro atoms. The summed E-state index contributed by atoms with van der Waals surface area (Å²) in [6.45, 7) is 3.75. The standard InChI is InChI=1S/C16H22ClN3O/c1-10-14(17)18-15(11-6-7-11)19-16(10)20-8-9-21-13-5-3-2-4-12(13)20/h11-13H,2-9H2,1H3. The van der Waals surface area contributed by atoms with Crippen LogP contribution in [0.5, 0.6) is 0 Å². The maximum atomic E-state index is 6.38. The van der Waals surface area contributed by atoms with E-state index in [9.17, 15) is 0 Å². The molecule has 2 unspecified atom stereocenters. The topological polar surface area (TPSA) is 38.2 Å². The van der Waals surface area contributed by atoms with Gasteiger partial charge < -0.3 is 9.64 Å². The van der Waals surface area contributed by atoms with Crippen molar-refractivity contribution in [3.8, 4) is 0 Å². The number of anilines is 1. The summed E-state index contributed by atoms with van der Waals surface area (Å²) >= 11 is 6.38. The number of rotatable bonds is 2. The lowest BCUT2D eigenvalue weighted by atomic mass is 9.90. The molecule has 1 aromatic heterocycles. The molecule has 1 aromatic rings. The minimum absolute atomic E-state index is 0.366. The molecule has 114 valence electrons. The minimum atomic E-state index is 0.366. The second-order valence-electron chi connectivity index (χ2n) is 6.55. The molecule has 21 heavy (non-hydrogen) atoms. The molecular weight excluding hydrogens is 286 g/mol. The van der Waals surface area contributed by atoms with Crippen LogP contribution < -0.4 is 4.90 Å². The highest BCUT2D eigenvalue weighted by atomic mass is 35.5. The van der Waals surface area contributed by atoms with Crippen LogP contribution in [0, 0.1) is 6.92 Å². The lowest BCUT2D eigenvalue weighted by Gasteiger charge is -2.45. The van der Waals surface area contributed by atoms with Crippen molar-refractivity contribution in [3.05, 3.63) is 16.5 Å².